The number of rotatable bonds is 4. The van der Waals surface area contributed by atoms with E-state index >= 15 is 0 Å². The number of hydrogen-bond acceptors (Lipinski definition) is 3. The van der Waals surface area contributed by atoms with Crippen LogP contribution in [-0.2, 0) is 5.41 Å². The van der Waals surface area contributed by atoms with Crippen molar-refractivity contribution in [3.8, 4) is 78.4 Å². The number of hydrogen-bond donors (Lipinski definition) is 0. The molecule has 0 fully saturated rings. The van der Waals surface area contributed by atoms with Crippen molar-refractivity contribution in [2.75, 3.05) is 0 Å². The zero-order valence-electron chi connectivity index (χ0n) is 29.9. The van der Waals surface area contributed by atoms with E-state index in [9.17, 15) is 0 Å². The summed E-state index contributed by atoms with van der Waals surface area (Å²) < 4.78 is 0. The maximum atomic E-state index is 5.34. The van der Waals surface area contributed by atoms with Crippen LogP contribution in [0.25, 0.3) is 78.4 Å². The summed E-state index contributed by atoms with van der Waals surface area (Å²) in [6.07, 6.45) is 3.70. The molecule has 0 N–H and O–H groups in total. The molecule has 0 atom stereocenters. The predicted molar refractivity (Wildman–Crippen MR) is 223 cm³/mol. The topological polar surface area (TPSA) is 38.7 Å². The van der Waals surface area contributed by atoms with Crippen LogP contribution in [0.4, 0.5) is 0 Å². The molecule has 0 saturated carbocycles. The molecule has 0 radical (unpaired) electrons. The summed E-state index contributed by atoms with van der Waals surface area (Å²) in [7, 11) is 0. The van der Waals surface area contributed by atoms with Gasteiger partial charge in [0.1, 0.15) is 0 Å². The van der Waals surface area contributed by atoms with Crippen LogP contribution in [0.1, 0.15) is 22.3 Å². The molecule has 0 unspecified atom stereocenters. The van der Waals surface area contributed by atoms with Crippen molar-refractivity contribution in [3.05, 3.63) is 223 Å². The zero-order chi connectivity index (χ0) is 36.3. The first kappa shape index (κ1) is 31.3. The van der Waals surface area contributed by atoms with E-state index in [0.29, 0.717) is 5.82 Å². The van der Waals surface area contributed by atoms with Crippen LogP contribution in [0.3, 0.4) is 0 Å². The van der Waals surface area contributed by atoms with Crippen molar-refractivity contribution >= 4 is 0 Å². The summed E-state index contributed by atoms with van der Waals surface area (Å²) in [6.45, 7) is 0. The molecule has 2 aliphatic rings. The standard InChI is InChI=1S/C52H33N3/c1-2-13-35(14-3-1)49-32-50(36-26-24-34(25-27-36)38-15-12-30-53-33-38)55-51(54-49)37-28-29-44-40-17-5-4-16-39(40)41-18-6-9-21-45(41)52(48(44)31-37)46-22-10-7-19-42(46)43-20-8-11-23-47(43)52/h1-33H. The Bertz CT molecular complexity index is 2870. The Balaban J connectivity index is 1.18. The normalized spacial score (nSPS) is 12.9. The van der Waals surface area contributed by atoms with Crippen molar-refractivity contribution in [3.63, 3.8) is 0 Å². The first-order chi connectivity index (χ1) is 27.3. The first-order valence-corrected chi connectivity index (χ1v) is 18.8. The highest BCUT2D eigenvalue weighted by molar-refractivity contribution is 5.97. The van der Waals surface area contributed by atoms with Crippen molar-refractivity contribution in [2.24, 2.45) is 0 Å². The molecule has 2 heterocycles. The molecule has 0 bridgehead atoms. The lowest BCUT2D eigenvalue weighted by Crippen LogP contribution is -2.29. The molecular weight excluding hydrogens is 667 g/mol. The van der Waals surface area contributed by atoms with Crippen LogP contribution in [0.2, 0.25) is 0 Å². The Labute approximate surface area is 320 Å². The van der Waals surface area contributed by atoms with Gasteiger partial charge in [0, 0.05) is 29.1 Å². The van der Waals surface area contributed by atoms with Crippen LogP contribution < -0.4 is 0 Å². The first-order valence-electron chi connectivity index (χ1n) is 18.8. The third kappa shape index (κ3) is 4.80. The Morgan fingerprint density at radius 3 is 1.35 bits per heavy atom. The molecule has 0 amide bonds. The van der Waals surface area contributed by atoms with E-state index in [2.05, 4.69) is 181 Å². The van der Waals surface area contributed by atoms with Gasteiger partial charge in [0.05, 0.1) is 16.8 Å². The van der Waals surface area contributed by atoms with Crippen LogP contribution in [0, 0.1) is 0 Å². The van der Waals surface area contributed by atoms with Crippen molar-refractivity contribution in [1.29, 1.82) is 0 Å². The third-order valence-corrected chi connectivity index (χ3v) is 11.4. The average molecular weight is 700 g/mol. The lowest BCUT2D eigenvalue weighted by molar-refractivity contribution is 0.775. The van der Waals surface area contributed by atoms with Gasteiger partial charge in [-0.25, -0.2) is 9.97 Å². The lowest BCUT2D eigenvalue weighted by Gasteiger charge is -2.35. The number of fused-ring (bicyclic) bond motifs is 12. The van der Waals surface area contributed by atoms with E-state index in [4.69, 9.17) is 9.97 Å². The van der Waals surface area contributed by atoms with E-state index < -0.39 is 5.41 Å². The summed E-state index contributed by atoms with van der Waals surface area (Å²) in [5.41, 5.74) is 19.0. The van der Waals surface area contributed by atoms with Gasteiger partial charge in [0.25, 0.3) is 0 Å². The van der Waals surface area contributed by atoms with Gasteiger partial charge < -0.3 is 0 Å². The summed E-state index contributed by atoms with van der Waals surface area (Å²) in [6, 6.07) is 67.9. The van der Waals surface area contributed by atoms with E-state index in [0.717, 1.165) is 39.2 Å². The monoisotopic (exact) mass is 699 g/mol. The van der Waals surface area contributed by atoms with Gasteiger partial charge in [-0.15, -0.1) is 0 Å². The summed E-state index contributed by atoms with van der Waals surface area (Å²) in [5, 5.41) is 0. The maximum Gasteiger partial charge on any atom is 0.160 e. The molecule has 3 heteroatoms. The molecule has 0 aliphatic heterocycles. The smallest absolute Gasteiger partial charge is 0.160 e. The molecule has 9 aromatic rings. The van der Waals surface area contributed by atoms with Gasteiger partial charge in [-0.1, -0.05) is 170 Å². The number of aromatic nitrogens is 3. The highest BCUT2D eigenvalue weighted by Crippen LogP contribution is 2.61. The molecule has 2 aliphatic carbocycles. The predicted octanol–water partition coefficient (Wildman–Crippen LogP) is 12.6. The van der Waals surface area contributed by atoms with Crippen LogP contribution in [-0.4, -0.2) is 15.0 Å². The van der Waals surface area contributed by atoms with Gasteiger partial charge in [-0.2, -0.15) is 0 Å². The second-order valence-corrected chi connectivity index (χ2v) is 14.3. The largest absolute Gasteiger partial charge is 0.264 e. The summed E-state index contributed by atoms with van der Waals surface area (Å²) in [5.74, 6) is 0.691. The fraction of sp³-hybridized carbons (Fsp3) is 0.0192. The second-order valence-electron chi connectivity index (χ2n) is 14.3. The quantitative estimate of drug-likeness (QED) is 0.184. The lowest BCUT2D eigenvalue weighted by atomic mass is 9.65. The van der Waals surface area contributed by atoms with Gasteiger partial charge in [0.2, 0.25) is 0 Å². The molecule has 256 valence electrons. The fourth-order valence-electron chi connectivity index (χ4n) is 9.03. The Morgan fingerprint density at radius 1 is 0.309 bits per heavy atom. The second kappa shape index (κ2) is 12.4. The molecule has 7 aromatic carbocycles. The molecule has 55 heavy (non-hydrogen) atoms. The number of pyridine rings is 1. The SMILES string of the molecule is c1ccc(-c2cc(-c3ccc(-c4cccnc4)cc3)nc(-c3ccc4c(c3)C3(c5ccccc5-c5ccccc5-4)c4ccccc4-c4ccccc43)n2)cc1. The molecule has 11 rings (SSSR count). The minimum Gasteiger partial charge on any atom is -0.264 e. The van der Waals surface area contributed by atoms with Crippen LogP contribution in [0.15, 0.2) is 200 Å². The van der Waals surface area contributed by atoms with Gasteiger partial charge in [0.15, 0.2) is 5.82 Å². The van der Waals surface area contributed by atoms with Crippen molar-refractivity contribution in [2.45, 2.75) is 5.41 Å². The maximum absolute atomic E-state index is 5.34. The Kier molecular flexibility index (Phi) is 7.08. The van der Waals surface area contributed by atoms with E-state index in [-0.39, 0.29) is 0 Å². The zero-order valence-corrected chi connectivity index (χ0v) is 29.9. The highest BCUT2D eigenvalue weighted by atomic mass is 14.9. The molecular formula is C52H33N3. The van der Waals surface area contributed by atoms with Gasteiger partial charge >= 0.3 is 0 Å². The van der Waals surface area contributed by atoms with Crippen molar-refractivity contribution < 1.29 is 0 Å². The Morgan fingerprint density at radius 2 is 0.764 bits per heavy atom. The van der Waals surface area contributed by atoms with Crippen LogP contribution in [0.5, 0.6) is 0 Å². The van der Waals surface area contributed by atoms with Gasteiger partial charge in [-0.3, -0.25) is 4.98 Å². The minimum absolute atomic E-state index is 0.573. The molecule has 1 spiro atoms. The van der Waals surface area contributed by atoms with Crippen LogP contribution >= 0.6 is 0 Å². The van der Waals surface area contributed by atoms with E-state index in [1.807, 2.05) is 18.3 Å². The van der Waals surface area contributed by atoms with Crippen molar-refractivity contribution in [1.82, 2.24) is 15.0 Å². The highest BCUT2D eigenvalue weighted by Gasteiger charge is 2.49. The van der Waals surface area contributed by atoms with Gasteiger partial charge in [-0.05, 0) is 85.0 Å². The molecule has 2 aromatic heterocycles. The Hall–Kier alpha value is -7.23. The van der Waals surface area contributed by atoms with E-state index in [1.54, 1.807) is 6.20 Å². The number of nitrogens with zero attached hydrogens (tertiary/aromatic N) is 3. The number of benzene rings is 7. The van der Waals surface area contributed by atoms with E-state index in [1.165, 1.54) is 55.6 Å². The average Bonchev–Trinajstić information content (AvgIpc) is 3.52. The molecule has 0 saturated heterocycles. The fourth-order valence-corrected chi connectivity index (χ4v) is 9.03. The summed E-state index contributed by atoms with van der Waals surface area (Å²) in [4.78, 5) is 15.0. The minimum atomic E-state index is -0.573. The molecule has 3 nitrogen and oxygen atoms in total. The summed E-state index contributed by atoms with van der Waals surface area (Å²) >= 11 is 0. The third-order valence-electron chi connectivity index (χ3n) is 11.4.